The number of anilines is 1. The van der Waals surface area contributed by atoms with Gasteiger partial charge in [-0.25, -0.2) is 0 Å². The van der Waals surface area contributed by atoms with Crippen LogP contribution in [0.3, 0.4) is 0 Å². The van der Waals surface area contributed by atoms with Crippen LogP contribution in [-0.2, 0) is 9.47 Å². The molecule has 2 atom stereocenters. The summed E-state index contributed by atoms with van der Waals surface area (Å²) in [6.07, 6.45) is 7.10. The minimum absolute atomic E-state index is 0.0543. The van der Waals surface area contributed by atoms with Crippen LogP contribution in [0.2, 0.25) is 0 Å². The molecule has 2 aliphatic heterocycles. The van der Waals surface area contributed by atoms with E-state index in [1.807, 2.05) is 19.1 Å². The molecule has 0 N–H and O–H groups in total. The van der Waals surface area contributed by atoms with Gasteiger partial charge in [0.25, 0.3) is 0 Å². The highest BCUT2D eigenvalue weighted by atomic mass is 16.7. The molecule has 2 saturated heterocycles. The molecule has 1 aliphatic carbocycles. The van der Waals surface area contributed by atoms with E-state index < -0.39 is 5.79 Å². The zero-order chi connectivity index (χ0) is 19.6. The van der Waals surface area contributed by atoms with Gasteiger partial charge in [0.05, 0.1) is 6.61 Å². The first-order valence-electron chi connectivity index (χ1n) is 10.1. The molecule has 2 heterocycles. The summed E-state index contributed by atoms with van der Waals surface area (Å²) in [5.41, 5.74) is 3.56. The van der Waals surface area contributed by atoms with Crippen molar-refractivity contribution in [2.75, 3.05) is 44.3 Å². The topological polar surface area (TPSA) is 34.2 Å². The fourth-order valence-electron chi connectivity index (χ4n) is 3.96. The van der Waals surface area contributed by atoms with Gasteiger partial charge < -0.3 is 24.0 Å². The van der Waals surface area contributed by atoms with Crippen molar-refractivity contribution in [2.45, 2.75) is 32.2 Å². The molecular formula is C23H30N2O3. The molecule has 150 valence electrons. The Morgan fingerprint density at radius 2 is 1.96 bits per heavy atom. The molecule has 0 amide bonds. The maximum Gasteiger partial charge on any atom is 0.189 e. The fraction of sp³-hybridized carbons (Fsp3) is 0.478. The molecule has 3 aliphatic rings. The predicted molar refractivity (Wildman–Crippen MR) is 112 cm³/mol. The lowest BCUT2D eigenvalue weighted by Gasteiger charge is -2.37. The van der Waals surface area contributed by atoms with Gasteiger partial charge in [-0.05, 0) is 50.1 Å². The molecule has 0 aromatic heterocycles. The lowest BCUT2D eigenvalue weighted by atomic mass is 10.1. The number of ether oxygens (including phenoxy) is 3. The second kappa shape index (κ2) is 8.02. The van der Waals surface area contributed by atoms with Gasteiger partial charge in [-0.3, -0.25) is 0 Å². The molecule has 0 radical (unpaired) electrons. The highest BCUT2D eigenvalue weighted by Crippen LogP contribution is 2.35. The number of nitrogens with zero attached hydrogens (tertiary/aromatic N) is 2. The first-order chi connectivity index (χ1) is 13.5. The summed E-state index contributed by atoms with van der Waals surface area (Å²) in [4.78, 5) is 4.75. The maximum absolute atomic E-state index is 6.13. The Kier molecular flexibility index (Phi) is 5.47. The normalized spacial score (nSPS) is 27.2. The highest BCUT2D eigenvalue weighted by Gasteiger charge is 2.40. The quantitative estimate of drug-likeness (QED) is 0.749. The van der Waals surface area contributed by atoms with Crippen LogP contribution in [0.1, 0.15) is 20.3 Å². The Morgan fingerprint density at radius 1 is 1.21 bits per heavy atom. The Labute approximate surface area is 167 Å². The standard InChI is InChI=1S/C23H30N2O3/c1-18(2)24-12-14-25(15-13-24)20-8-10-21(11-9-20)26-16-22-17-27-23(3,28-22)19-6-4-5-7-19/h4-6,8-11,22H,1,7,12-17H2,2-3H3. The average Bonchev–Trinajstić information content (AvgIpc) is 3.38. The molecule has 1 aromatic rings. The lowest BCUT2D eigenvalue weighted by molar-refractivity contribution is -0.127. The zero-order valence-corrected chi connectivity index (χ0v) is 16.9. The van der Waals surface area contributed by atoms with Crippen molar-refractivity contribution in [2.24, 2.45) is 0 Å². The molecule has 5 heteroatoms. The van der Waals surface area contributed by atoms with Crippen molar-refractivity contribution in [3.8, 4) is 5.75 Å². The van der Waals surface area contributed by atoms with Crippen molar-refractivity contribution in [3.05, 3.63) is 60.3 Å². The Hall–Kier alpha value is -2.24. The van der Waals surface area contributed by atoms with Crippen molar-refractivity contribution in [1.82, 2.24) is 4.90 Å². The van der Waals surface area contributed by atoms with Crippen LogP contribution in [0.5, 0.6) is 5.75 Å². The van der Waals surface area contributed by atoms with E-state index in [-0.39, 0.29) is 6.10 Å². The molecule has 0 saturated carbocycles. The van der Waals surface area contributed by atoms with Gasteiger partial charge in [0.15, 0.2) is 5.79 Å². The predicted octanol–water partition coefficient (Wildman–Crippen LogP) is 3.74. The van der Waals surface area contributed by atoms with Crippen molar-refractivity contribution in [3.63, 3.8) is 0 Å². The zero-order valence-electron chi connectivity index (χ0n) is 16.9. The third kappa shape index (κ3) is 4.10. The van der Waals surface area contributed by atoms with Gasteiger partial charge in [0.1, 0.15) is 18.5 Å². The summed E-state index contributed by atoms with van der Waals surface area (Å²) in [5, 5.41) is 0. The van der Waals surface area contributed by atoms with Gasteiger partial charge in [-0.15, -0.1) is 0 Å². The van der Waals surface area contributed by atoms with Crippen LogP contribution < -0.4 is 9.64 Å². The van der Waals surface area contributed by atoms with E-state index in [4.69, 9.17) is 14.2 Å². The summed E-state index contributed by atoms with van der Waals surface area (Å²) in [6, 6.07) is 8.35. The van der Waals surface area contributed by atoms with Crippen LogP contribution in [0.25, 0.3) is 0 Å². The smallest absolute Gasteiger partial charge is 0.189 e. The Bertz CT molecular complexity index is 763. The monoisotopic (exact) mass is 382 g/mol. The fourth-order valence-corrected chi connectivity index (χ4v) is 3.96. The lowest BCUT2D eigenvalue weighted by Crippen LogP contribution is -2.45. The van der Waals surface area contributed by atoms with E-state index in [0.29, 0.717) is 13.2 Å². The third-order valence-electron chi connectivity index (χ3n) is 5.75. The number of rotatable bonds is 6. The number of allylic oxidation sites excluding steroid dienone is 4. The molecule has 0 bridgehead atoms. The van der Waals surface area contributed by atoms with E-state index >= 15 is 0 Å². The summed E-state index contributed by atoms with van der Waals surface area (Å²) in [6.45, 7) is 13.2. The Balaban J connectivity index is 1.26. The van der Waals surface area contributed by atoms with Gasteiger partial charge in [0, 0.05) is 37.6 Å². The molecule has 2 fully saturated rings. The first-order valence-corrected chi connectivity index (χ1v) is 10.1. The minimum atomic E-state index is -0.618. The van der Waals surface area contributed by atoms with Crippen LogP contribution in [0, 0.1) is 0 Å². The summed E-state index contributed by atoms with van der Waals surface area (Å²) in [7, 11) is 0. The van der Waals surface area contributed by atoms with Gasteiger partial charge in [0.2, 0.25) is 0 Å². The van der Waals surface area contributed by atoms with Crippen LogP contribution in [0.15, 0.2) is 60.3 Å². The van der Waals surface area contributed by atoms with Crippen LogP contribution in [0.4, 0.5) is 5.69 Å². The second-order valence-corrected chi connectivity index (χ2v) is 7.84. The van der Waals surface area contributed by atoms with E-state index in [1.54, 1.807) is 0 Å². The molecule has 2 unspecified atom stereocenters. The van der Waals surface area contributed by atoms with Gasteiger partial charge in [-0.1, -0.05) is 24.8 Å². The SMILES string of the molecule is C=C(C)N1CCN(c2ccc(OCC3COC(C)(C4=CC=CC4)O3)cc2)CC1. The number of hydrogen-bond acceptors (Lipinski definition) is 5. The first kappa shape index (κ1) is 19.1. The summed E-state index contributed by atoms with van der Waals surface area (Å²) < 4.78 is 18.0. The summed E-state index contributed by atoms with van der Waals surface area (Å²) >= 11 is 0. The van der Waals surface area contributed by atoms with E-state index in [2.05, 4.69) is 53.7 Å². The van der Waals surface area contributed by atoms with Gasteiger partial charge in [-0.2, -0.15) is 0 Å². The molecule has 28 heavy (non-hydrogen) atoms. The Morgan fingerprint density at radius 3 is 2.61 bits per heavy atom. The molecule has 5 nitrogen and oxygen atoms in total. The second-order valence-electron chi connectivity index (χ2n) is 7.84. The van der Waals surface area contributed by atoms with Crippen molar-refractivity contribution in [1.29, 1.82) is 0 Å². The number of benzene rings is 1. The molecule has 4 rings (SSSR count). The van der Waals surface area contributed by atoms with Crippen LogP contribution in [-0.4, -0.2) is 56.2 Å². The van der Waals surface area contributed by atoms with E-state index in [1.165, 1.54) is 11.3 Å². The van der Waals surface area contributed by atoms with Crippen molar-refractivity contribution >= 4 is 5.69 Å². The molecule has 0 spiro atoms. The third-order valence-corrected chi connectivity index (χ3v) is 5.75. The summed E-state index contributed by atoms with van der Waals surface area (Å²) in [5.74, 6) is 0.246. The van der Waals surface area contributed by atoms with E-state index in [9.17, 15) is 0 Å². The van der Waals surface area contributed by atoms with Gasteiger partial charge >= 0.3 is 0 Å². The van der Waals surface area contributed by atoms with Crippen molar-refractivity contribution < 1.29 is 14.2 Å². The molecular weight excluding hydrogens is 352 g/mol. The maximum atomic E-state index is 6.13. The number of piperazine rings is 1. The largest absolute Gasteiger partial charge is 0.491 e. The average molecular weight is 383 g/mol. The van der Waals surface area contributed by atoms with Crippen LogP contribution >= 0.6 is 0 Å². The number of hydrogen-bond donors (Lipinski definition) is 0. The van der Waals surface area contributed by atoms with E-state index in [0.717, 1.165) is 44.0 Å². The minimum Gasteiger partial charge on any atom is -0.491 e. The highest BCUT2D eigenvalue weighted by molar-refractivity contribution is 5.49. The molecule has 1 aromatic carbocycles.